The van der Waals surface area contributed by atoms with E-state index in [9.17, 15) is 14.7 Å². The molecule has 0 saturated carbocycles. The summed E-state index contributed by atoms with van der Waals surface area (Å²) in [6.45, 7) is 6.31. The Kier molecular flexibility index (Phi) is 6.20. The molecule has 1 aliphatic heterocycles. The molecule has 6 nitrogen and oxygen atoms in total. The van der Waals surface area contributed by atoms with Gasteiger partial charge in [-0.1, -0.05) is 0 Å². The Morgan fingerprint density at radius 2 is 1.83 bits per heavy atom. The van der Waals surface area contributed by atoms with Gasteiger partial charge in [-0.15, -0.1) is 0 Å². The molecule has 1 aliphatic rings. The Labute approximate surface area is 142 Å². The first kappa shape index (κ1) is 18.3. The van der Waals surface area contributed by atoms with E-state index in [1.807, 2.05) is 13.8 Å². The van der Waals surface area contributed by atoms with Crippen molar-refractivity contribution in [2.45, 2.75) is 51.9 Å². The van der Waals surface area contributed by atoms with Gasteiger partial charge in [0.25, 0.3) is 5.91 Å². The Hall–Kier alpha value is -2.08. The van der Waals surface area contributed by atoms with E-state index < -0.39 is 6.10 Å². The molecule has 0 unspecified atom stereocenters. The van der Waals surface area contributed by atoms with Gasteiger partial charge in [-0.25, -0.2) is 0 Å². The zero-order valence-electron chi connectivity index (χ0n) is 14.5. The number of benzene rings is 1. The van der Waals surface area contributed by atoms with Crippen molar-refractivity contribution in [1.82, 2.24) is 10.2 Å². The Balaban J connectivity index is 2.00. The fraction of sp³-hybridized carbons (Fsp3) is 0.556. The number of nitrogens with zero attached hydrogens (tertiary/aromatic N) is 1. The molecule has 0 bridgehead atoms. The molecule has 0 radical (unpaired) electrons. The topological polar surface area (TPSA) is 78.9 Å². The molecule has 24 heavy (non-hydrogen) atoms. The Morgan fingerprint density at radius 3 is 2.42 bits per heavy atom. The van der Waals surface area contributed by atoms with Gasteiger partial charge in [0, 0.05) is 25.6 Å². The summed E-state index contributed by atoms with van der Waals surface area (Å²) in [7, 11) is 0. The lowest BCUT2D eigenvalue weighted by Crippen LogP contribution is -2.42. The van der Waals surface area contributed by atoms with Crippen LogP contribution in [0.2, 0.25) is 0 Å². The van der Waals surface area contributed by atoms with E-state index in [0.717, 1.165) is 5.75 Å². The number of nitrogens with one attached hydrogen (secondary N) is 1. The van der Waals surface area contributed by atoms with Gasteiger partial charge in [0.2, 0.25) is 5.91 Å². The molecule has 2 rings (SSSR count). The molecule has 1 fully saturated rings. The standard InChI is InChI=1S/C18H26N2O4/c1-12(2)24-15-6-4-14(5-7-15)18(23)20-10-8-16(19-13(3)21)17(22)9-11-20/h4-7,12,16-17,22H,8-11H2,1-3H3,(H,19,21)/t16-,17-/m0/s1. The van der Waals surface area contributed by atoms with Crippen molar-refractivity contribution >= 4 is 11.8 Å². The highest BCUT2D eigenvalue weighted by Crippen LogP contribution is 2.18. The largest absolute Gasteiger partial charge is 0.491 e. The van der Waals surface area contributed by atoms with Gasteiger partial charge in [0.1, 0.15) is 5.75 Å². The van der Waals surface area contributed by atoms with Crippen LogP contribution in [0.1, 0.15) is 44.0 Å². The van der Waals surface area contributed by atoms with Crippen molar-refractivity contribution in [1.29, 1.82) is 0 Å². The van der Waals surface area contributed by atoms with Crippen molar-refractivity contribution in [3.8, 4) is 5.75 Å². The molecule has 2 amide bonds. The third-order valence-electron chi connectivity index (χ3n) is 4.02. The van der Waals surface area contributed by atoms with Gasteiger partial charge in [-0.3, -0.25) is 9.59 Å². The maximum Gasteiger partial charge on any atom is 0.253 e. The first-order chi connectivity index (χ1) is 11.4. The number of carbonyl (C=O) groups excluding carboxylic acids is 2. The minimum absolute atomic E-state index is 0.0678. The lowest BCUT2D eigenvalue weighted by Gasteiger charge is -2.21. The second-order valence-corrected chi connectivity index (χ2v) is 6.43. The number of carbonyl (C=O) groups is 2. The maximum atomic E-state index is 12.6. The molecule has 0 aliphatic carbocycles. The summed E-state index contributed by atoms with van der Waals surface area (Å²) in [5, 5.41) is 12.9. The van der Waals surface area contributed by atoms with Crippen LogP contribution in [0.3, 0.4) is 0 Å². The molecule has 0 spiro atoms. The van der Waals surface area contributed by atoms with Gasteiger partial charge in [0.15, 0.2) is 0 Å². The normalized spacial score (nSPS) is 21.3. The molecule has 1 aromatic rings. The van der Waals surface area contributed by atoms with Gasteiger partial charge in [0.05, 0.1) is 18.2 Å². The van der Waals surface area contributed by atoms with Crippen LogP contribution in [0.4, 0.5) is 0 Å². The van der Waals surface area contributed by atoms with Crippen LogP contribution in [-0.2, 0) is 4.79 Å². The first-order valence-corrected chi connectivity index (χ1v) is 8.38. The van der Waals surface area contributed by atoms with Crippen molar-refractivity contribution < 1.29 is 19.4 Å². The van der Waals surface area contributed by atoms with Gasteiger partial charge >= 0.3 is 0 Å². The van der Waals surface area contributed by atoms with Crippen LogP contribution in [0.15, 0.2) is 24.3 Å². The number of hydrogen-bond donors (Lipinski definition) is 2. The predicted octanol–water partition coefficient (Wildman–Crippen LogP) is 1.58. The summed E-state index contributed by atoms with van der Waals surface area (Å²) in [5.74, 6) is 0.500. The fourth-order valence-electron chi connectivity index (χ4n) is 2.85. The second-order valence-electron chi connectivity index (χ2n) is 6.43. The van der Waals surface area contributed by atoms with Crippen molar-refractivity contribution in [2.24, 2.45) is 0 Å². The third-order valence-corrected chi connectivity index (χ3v) is 4.02. The number of ether oxygens (including phenoxy) is 1. The first-order valence-electron chi connectivity index (χ1n) is 8.38. The zero-order valence-corrected chi connectivity index (χ0v) is 14.5. The third kappa shape index (κ3) is 4.96. The van der Waals surface area contributed by atoms with E-state index in [0.29, 0.717) is 31.5 Å². The number of aliphatic hydroxyl groups excluding tert-OH is 1. The number of likely N-dealkylation sites (tertiary alicyclic amines) is 1. The summed E-state index contributed by atoms with van der Waals surface area (Å²) in [5.41, 5.74) is 0.596. The molecule has 6 heteroatoms. The highest BCUT2D eigenvalue weighted by Gasteiger charge is 2.27. The molecular weight excluding hydrogens is 308 g/mol. The van der Waals surface area contributed by atoms with Gasteiger partial charge in [-0.2, -0.15) is 0 Å². The zero-order chi connectivity index (χ0) is 17.7. The molecule has 1 saturated heterocycles. The monoisotopic (exact) mass is 334 g/mol. The van der Waals surface area contributed by atoms with Crippen LogP contribution in [0, 0.1) is 0 Å². The SMILES string of the molecule is CC(=O)N[C@H]1CCN(C(=O)c2ccc(OC(C)C)cc2)CC[C@@H]1O. The van der Waals surface area contributed by atoms with Crippen molar-refractivity contribution in [3.63, 3.8) is 0 Å². The van der Waals surface area contributed by atoms with Gasteiger partial charge < -0.3 is 20.1 Å². The molecule has 1 aromatic carbocycles. The molecule has 0 aromatic heterocycles. The van der Waals surface area contributed by atoms with Crippen LogP contribution in [-0.4, -0.2) is 53.2 Å². The molecule has 2 N–H and O–H groups in total. The van der Waals surface area contributed by atoms with Crippen molar-refractivity contribution in [2.75, 3.05) is 13.1 Å². The average molecular weight is 334 g/mol. The van der Waals surface area contributed by atoms with Crippen LogP contribution in [0.25, 0.3) is 0 Å². The lowest BCUT2D eigenvalue weighted by atomic mass is 10.1. The maximum absolute atomic E-state index is 12.6. The van der Waals surface area contributed by atoms with E-state index in [-0.39, 0.29) is 24.0 Å². The van der Waals surface area contributed by atoms with Gasteiger partial charge in [-0.05, 0) is 51.0 Å². The Morgan fingerprint density at radius 1 is 1.21 bits per heavy atom. The smallest absolute Gasteiger partial charge is 0.253 e. The molecule has 132 valence electrons. The quantitative estimate of drug-likeness (QED) is 0.876. The van der Waals surface area contributed by atoms with E-state index in [2.05, 4.69) is 5.32 Å². The number of amides is 2. The number of hydrogen-bond acceptors (Lipinski definition) is 4. The van der Waals surface area contributed by atoms with Crippen LogP contribution < -0.4 is 10.1 Å². The minimum Gasteiger partial charge on any atom is -0.491 e. The molecule has 2 atom stereocenters. The summed E-state index contributed by atoms with van der Waals surface area (Å²) >= 11 is 0. The highest BCUT2D eigenvalue weighted by molar-refractivity contribution is 5.94. The van der Waals surface area contributed by atoms with E-state index in [1.54, 1.807) is 29.2 Å². The summed E-state index contributed by atoms with van der Waals surface area (Å²) in [6, 6.07) is 6.79. The van der Waals surface area contributed by atoms with E-state index >= 15 is 0 Å². The fourth-order valence-corrected chi connectivity index (χ4v) is 2.85. The molecule has 1 heterocycles. The number of rotatable bonds is 4. The van der Waals surface area contributed by atoms with Crippen LogP contribution >= 0.6 is 0 Å². The average Bonchev–Trinajstić information content (AvgIpc) is 2.69. The van der Waals surface area contributed by atoms with E-state index in [4.69, 9.17) is 4.74 Å². The second kappa shape index (κ2) is 8.15. The lowest BCUT2D eigenvalue weighted by molar-refractivity contribution is -0.120. The van der Waals surface area contributed by atoms with Crippen LogP contribution in [0.5, 0.6) is 5.75 Å². The number of aliphatic hydroxyl groups is 1. The Bertz CT molecular complexity index is 571. The summed E-state index contributed by atoms with van der Waals surface area (Å²) in [6.07, 6.45) is 0.449. The summed E-state index contributed by atoms with van der Waals surface area (Å²) in [4.78, 5) is 25.6. The predicted molar refractivity (Wildman–Crippen MR) is 91.0 cm³/mol. The van der Waals surface area contributed by atoms with Crippen molar-refractivity contribution in [3.05, 3.63) is 29.8 Å². The van der Waals surface area contributed by atoms with E-state index in [1.165, 1.54) is 6.92 Å². The summed E-state index contributed by atoms with van der Waals surface area (Å²) < 4.78 is 5.58. The molecular formula is C18H26N2O4. The highest BCUT2D eigenvalue weighted by atomic mass is 16.5. The minimum atomic E-state index is -0.631.